The molecule has 0 aromatic carbocycles. The Kier molecular flexibility index (Phi) is 2.97. The highest BCUT2D eigenvalue weighted by molar-refractivity contribution is 5.60. The first kappa shape index (κ1) is 14.3. The van der Waals surface area contributed by atoms with E-state index in [1.165, 1.54) is 5.56 Å². The van der Waals surface area contributed by atoms with Crippen molar-refractivity contribution in [1.29, 1.82) is 0 Å². The largest absolute Gasteiger partial charge is 0.325 e. The molecule has 0 saturated carbocycles. The second-order valence-electron chi connectivity index (χ2n) is 6.44. The van der Waals surface area contributed by atoms with Crippen molar-refractivity contribution in [2.24, 2.45) is 0 Å². The lowest BCUT2D eigenvalue weighted by molar-refractivity contribution is 0.804. The molecular formula is C18H17N7. The van der Waals surface area contributed by atoms with E-state index in [2.05, 4.69) is 36.9 Å². The number of aryl methyl sites for hydroxylation is 4. The topological polar surface area (TPSA) is 73.8 Å². The molecule has 0 atom stereocenters. The third-order valence-corrected chi connectivity index (χ3v) is 4.63. The van der Waals surface area contributed by atoms with Crippen LogP contribution in [0.1, 0.15) is 28.5 Å². The van der Waals surface area contributed by atoms with Crippen molar-refractivity contribution in [1.82, 2.24) is 34.1 Å². The van der Waals surface area contributed by atoms with Crippen molar-refractivity contribution in [2.75, 3.05) is 0 Å². The fourth-order valence-corrected chi connectivity index (χ4v) is 3.33. The minimum absolute atomic E-state index is 0.756. The van der Waals surface area contributed by atoms with Crippen molar-refractivity contribution in [3.05, 3.63) is 59.2 Å². The first-order chi connectivity index (χ1) is 12.2. The molecule has 7 nitrogen and oxygen atoms in total. The summed E-state index contributed by atoms with van der Waals surface area (Å²) in [7, 11) is 0. The Morgan fingerprint density at radius 2 is 2.04 bits per heavy atom. The summed E-state index contributed by atoms with van der Waals surface area (Å²) in [6.45, 7) is 4.79. The monoisotopic (exact) mass is 331 g/mol. The third-order valence-electron chi connectivity index (χ3n) is 4.63. The van der Waals surface area contributed by atoms with Gasteiger partial charge in [-0.15, -0.1) is 0 Å². The van der Waals surface area contributed by atoms with Gasteiger partial charge in [-0.05, 0) is 26.3 Å². The Bertz CT molecular complexity index is 1070. The molecule has 0 fully saturated rings. The minimum Gasteiger partial charge on any atom is -0.325 e. The Morgan fingerprint density at radius 3 is 2.92 bits per heavy atom. The van der Waals surface area contributed by atoms with Gasteiger partial charge in [0, 0.05) is 30.6 Å². The van der Waals surface area contributed by atoms with Gasteiger partial charge in [-0.1, -0.05) is 6.07 Å². The second-order valence-corrected chi connectivity index (χ2v) is 6.44. The predicted molar refractivity (Wildman–Crippen MR) is 92.2 cm³/mol. The van der Waals surface area contributed by atoms with Gasteiger partial charge in [0.25, 0.3) is 0 Å². The van der Waals surface area contributed by atoms with Crippen molar-refractivity contribution in [2.45, 2.75) is 33.2 Å². The summed E-state index contributed by atoms with van der Waals surface area (Å²) < 4.78 is 4.04. The minimum atomic E-state index is 0.756. The SMILES string of the molecule is Cc1ncc(C)n2nc(CCc3cn4c(n3)-c3ncccc3C4)nc12. The summed E-state index contributed by atoms with van der Waals surface area (Å²) in [5.41, 5.74) is 6.00. The van der Waals surface area contributed by atoms with Crippen LogP contribution >= 0.6 is 0 Å². The highest BCUT2D eigenvalue weighted by Gasteiger charge is 2.21. The molecule has 0 aliphatic carbocycles. The molecule has 4 aromatic heterocycles. The molecular weight excluding hydrogens is 314 g/mol. The molecule has 124 valence electrons. The number of imidazole rings is 1. The van der Waals surface area contributed by atoms with E-state index in [4.69, 9.17) is 4.98 Å². The first-order valence-corrected chi connectivity index (χ1v) is 8.37. The summed E-state index contributed by atoms with van der Waals surface area (Å²) in [6, 6.07) is 4.08. The van der Waals surface area contributed by atoms with E-state index in [1.807, 2.05) is 36.8 Å². The lowest BCUT2D eigenvalue weighted by atomic mass is 10.2. The van der Waals surface area contributed by atoms with E-state index in [1.54, 1.807) is 0 Å². The number of aromatic nitrogens is 7. The maximum absolute atomic E-state index is 4.76. The normalized spacial score (nSPS) is 12.6. The van der Waals surface area contributed by atoms with Gasteiger partial charge in [0.1, 0.15) is 5.69 Å². The third kappa shape index (κ3) is 2.23. The molecule has 5 heterocycles. The summed E-state index contributed by atoms with van der Waals surface area (Å²) in [4.78, 5) is 18.2. The van der Waals surface area contributed by atoms with Crippen molar-refractivity contribution >= 4 is 5.65 Å². The van der Waals surface area contributed by atoms with Crippen LogP contribution in [0.3, 0.4) is 0 Å². The highest BCUT2D eigenvalue weighted by Crippen LogP contribution is 2.29. The van der Waals surface area contributed by atoms with E-state index in [9.17, 15) is 0 Å². The van der Waals surface area contributed by atoms with E-state index in [0.29, 0.717) is 0 Å². The van der Waals surface area contributed by atoms with Crippen molar-refractivity contribution in [3.8, 4) is 11.5 Å². The van der Waals surface area contributed by atoms with Crippen LogP contribution in [0.4, 0.5) is 0 Å². The van der Waals surface area contributed by atoms with Crippen LogP contribution in [0.5, 0.6) is 0 Å². The molecule has 0 spiro atoms. The van der Waals surface area contributed by atoms with Gasteiger partial charge in [-0.2, -0.15) is 5.10 Å². The zero-order valence-electron chi connectivity index (χ0n) is 14.1. The van der Waals surface area contributed by atoms with Crippen LogP contribution in [-0.2, 0) is 19.4 Å². The zero-order valence-corrected chi connectivity index (χ0v) is 14.1. The summed E-state index contributed by atoms with van der Waals surface area (Å²) in [6.07, 6.45) is 7.33. The fourth-order valence-electron chi connectivity index (χ4n) is 3.33. The maximum Gasteiger partial charge on any atom is 0.177 e. The van der Waals surface area contributed by atoms with Crippen LogP contribution in [0.15, 0.2) is 30.7 Å². The van der Waals surface area contributed by atoms with E-state index in [-0.39, 0.29) is 0 Å². The number of hydrogen-bond acceptors (Lipinski definition) is 5. The Labute approximate surface area is 144 Å². The average molecular weight is 331 g/mol. The molecule has 1 aliphatic rings. The van der Waals surface area contributed by atoms with Gasteiger partial charge in [-0.25, -0.2) is 14.5 Å². The molecule has 0 N–H and O–H groups in total. The smallest absolute Gasteiger partial charge is 0.177 e. The highest BCUT2D eigenvalue weighted by atomic mass is 15.3. The molecule has 0 amide bonds. The Hall–Kier alpha value is -3.09. The number of hydrogen-bond donors (Lipinski definition) is 0. The molecule has 0 bridgehead atoms. The molecule has 0 radical (unpaired) electrons. The molecule has 0 unspecified atom stereocenters. The Balaban J connectivity index is 1.40. The van der Waals surface area contributed by atoms with Gasteiger partial charge in [0.05, 0.1) is 23.6 Å². The zero-order chi connectivity index (χ0) is 17.0. The molecule has 0 saturated heterocycles. The first-order valence-electron chi connectivity index (χ1n) is 8.37. The average Bonchev–Trinajstić information content (AvgIpc) is 3.29. The molecule has 1 aliphatic heterocycles. The summed E-state index contributed by atoms with van der Waals surface area (Å²) in [5, 5.41) is 4.61. The maximum atomic E-state index is 4.76. The van der Waals surface area contributed by atoms with Crippen LogP contribution in [0, 0.1) is 13.8 Å². The molecule has 7 heteroatoms. The standard InChI is InChI=1S/C18H17N7/c1-11-8-20-12(2)17-22-15(23-25(11)17)6-5-14-10-24-9-13-4-3-7-19-16(13)18(24)21-14/h3-4,7-8,10H,5-6,9H2,1-2H3. The van der Waals surface area contributed by atoms with Gasteiger partial charge < -0.3 is 4.57 Å². The van der Waals surface area contributed by atoms with E-state index in [0.717, 1.165) is 59.5 Å². The molecule has 25 heavy (non-hydrogen) atoms. The predicted octanol–water partition coefficient (Wildman–Crippen LogP) is 2.15. The van der Waals surface area contributed by atoms with Gasteiger partial charge >= 0.3 is 0 Å². The van der Waals surface area contributed by atoms with Gasteiger partial charge in [-0.3, -0.25) is 9.97 Å². The van der Waals surface area contributed by atoms with Crippen LogP contribution < -0.4 is 0 Å². The van der Waals surface area contributed by atoms with Crippen molar-refractivity contribution in [3.63, 3.8) is 0 Å². The van der Waals surface area contributed by atoms with Crippen LogP contribution in [0.2, 0.25) is 0 Å². The van der Waals surface area contributed by atoms with E-state index >= 15 is 0 Å². The lowest BCUT2D eigenvalue weighted by Crippen LogP contribution is -1.98. The Morgan fingerprint density at radius 1 is 1.12 bits per heavy atom. The lowest BCUT2D eigenvalue weighted by Gasteiger charge is -1.97. The number of fused-ring (bicyclic) bond motifs is 4. The molecule has 4 aromatic rings. The van der Waals surface area contributed by atoms with Gasteiger partial charge in [0.15, 0.2) is 17.3 Å². The number of nitrogens with zero attached hydrogens (tertiary/aromatic N) is 7. The van der Waals surface area contributed by atoms with Crippen LogP contribution in [0.25, 0.3) is 17.2 Å². The summed E-state index contributed by atoms with van der Waals surface area (Å²) >= 11 is 0. The van der Waals surface area contributed by atoms with E-state index < -0.39 is 0 Å². The summed E-state index contributed by atoms with van der Waals surface area (Å²) in [5.74, 6) is 1.79. The second kappa shape index (κ2) is 5.20. The quantitative estimate of drug-likeness (QED) is 0.506. The van der Waals surface area contributed by atoms with Crippen LogP contribution in [-0.4, -0.2) is 34.1 Å². The van der Waals surface area contributed by atoms with Crippen molar-refractivity contribution < 1.29 is 0 Å². The van der Waals surface area contributed by atoms with Gasteiger partial charge in [0.2, 0.25) is 0 Å². The molecule has 5 rings (SSSR count). The fraction of sp³-hybridized carbons (Fsp3) is 0.278. The number of rotatable bonds is 3. The number of pyridine rings is 1.